The monoisotopic (exact) mass is 192 g/mol. The number of nitrogens with one attached hydrogen (secondary N) is 1. The minimum Gasteiger partial charge on any atom is -0.392 e. The van der Waals surface area contributed by atoms with Gasteiger partial charge < -0.3 is 15.3 Å². The van der Waals surface area contributed by atoms with Crippen molar-refractivity contribution in [1.82, 2.24) is 0 Å². The van der Waals surface area contributed by atoms with Gasteiger partial charge in [0, 0.05) is 19.6 Å². The minimum absolute atomic E-state index is 0.108. The van der Waals surface area contributed by atoms with Gasteiger partial charge in [-0.3, -0.25) is 0 Å². The van der Waals surface area contributed by atoms with Crippen LogP contribution in [0.4, 0.5) is 11.4 Å². The van der Waals surface area contributed by atoms with Gasteiger partial charge in [0.15, 0.2) is 0 Å². The van der Waals surface area contributed by atoms with Crippen LogP contribution < -0.4 is 10.2 Å². The summed E-state index contributed by atoms with van der Waals surface area (Å²) in [5, 5.41) is 12.5. The van der Waals surface area contributed by atoms with Gasteiger partial charge in [-0.05, 0) is 24.6 Å². The summed E-state index contributed by atoms with van der Waals surface area (Å²) in [5.41, 5.74) is 3.30. The molecule has 0 spiro atoms. The lowest BCUT2D eigenvalue weighted by Gasteiger charge is -2.33. The van der Waals surface area contributed by atoms with Crippen molar-refractivity contribution in [3.05, 3.63) is 23.8 Å². The first-order chi connectivity index (χ1) is 6.70. The SMILES string of the molecule is CC1CN(C)c2cc(CO)ccc2N1. The van der Waals surface area contributed by atoms with E-state index in [1.54, 1.807) is 0 Å². The second-order valence-corrected chi connectivity index (χ2v) is 3.94. The summed E-state index contributed by atoms with van der Waals surface area (Å²) < 4.78 is 0. The molecule has 0 bridgehead atoms. The second kappa shape index (κ2) is 3.50. The van der Waals surface area contributed by atoms with Crippen molar-refractivity contribution in [2.75, 3.05) is 23.8 Å². The summed E-state index contributed by atoms with van der Waals surface area (Å²) in [4.78, 5) is 2.22. The first-order valence-corrected chi connectivity index (χ1v) is 4.92. The number of hydrogen-bond acceptors (Lipinski definition) is 3. The number of fused-ring (bicyclic) bond motifs is 1. The average molecular weight is 192 g/mol. The number of aliphatic hydroxyl groups is 1. The highest BCUT2D eigenvalue weighted by molar-refractivity contribution is 5.73. The zero-order valence-corrected chi connectivity index (χ0v) is 8.62. The van der Waals surface area contributed by atoms with Crippen molar-refractivity contribution in [3.63, 3.8) is 0 Å². The molecule has 3 heteroatoms. The molecule has 1 unspecified atom stereocenters. The van der Waals surface area contributed by atoms with Gasteiger partial charge in [-0.2, -0.15) is 0 Å². The van der Waals surface area contributed by atoms with Gasteiger partial charge in [0.25, 0.3) is 0 Å². The van der Waals surface area contributed by atoms with E-state index in [9.17, 15) is 0 Å². The maximum absolute atomic E-state index is 9.04. The van der Waals surface area contributed by atoms with Gasteiger partial charge in [-0.25, -0.2) is 0 Å². The molecule has 1 aliphatic heterocycles. The zero-order valence-electron chi connectivity index (χ0n) is 8.62. The largest absolute Gasteiger partial charge is 0.392 e. The van der Waals surface area contributed by atoms with Gasteiger partial charge in [-0.1, -0.05) is 6.07 Å². The third-order valence-electron chi connectivity index (χ3n) is 2.61. The van der Waals surface area contributed by atoms with Crippen LogP contribution in [0.25, 0.3) is 0 Å². The van der Waals surface area contributed by atoms with Crippen molar-refractivity contribution in [2.45, 2.75) is 19.6 Å². The Morgan fingerprint density at radius 1 is 1.57 bits per heavy atom. The van der Waals surface area contributed by atoms with Crippen LogP contribution in [0.1, 0.15) is 12.5 Å². The number of nitrogens with zero attached hydrogens (tertiary/aromatic N) is 1. The number of anilines is 2. The van der Waals surface area contributed by atoms with Crippen LogP contribution in [0.2, 0.25) is 0 Å². The molecular formula is C11H16N2O. The predicted octanol–water partition coefficient (Wildman–Crippen LogP) is 1.43. The van der Waals surface area contributed by atoms with E-state index in [4.69, 9.17) is 5.11 Å². The van der Waals surface area contributed by atoms with E-state index >= 15 is 0 Å². The topological polar surface area (TPSA) is 35.5 Å². The van der Waals surface area contributed by atoms with E-state index in [1.807, 2.05) is 18.2 Å². The standard InChI is InChI=1S/C11H16N2O/c1-8-6-13(2)11-5-9(7-14)3-4-10(11)12-8/h3-5,8,12,14H,6-7H2,1-2H3. The van der Waals surface area contributed by atoms with E-state index in [0.717, 1.165) is 17.8 Å². The zero-order chi connectivity index (χ0) is 10.1. The Morgan fingerprint density at radius 2 is 2.36 bits per heavy atom. The van der Waals surface area contributed by atoms with Crippen LogP contribution in [0, 0.1) is 0 Å². The summed E-state index contributed by atoms with van der Waals surface area (Å²) in [5.74, 6) is 0. The summed E-state index contributed by atoms with van der Waals surface area (Å²) in [6.45, 7) is 3.28. The molecule has 1 aromatic carbocycles. The summed E-state index contributed by atoms with van der Waals surface area (Å²) in [7, 11) is 2.08. The fraction of sp³-hybridized carbons (Fsp3) is 0.455. The maximum Gasteiger partial charge on any atom is 0.0682 e. The molecular weight excluding hydrogens is 176 g/mol. The highest BCUT2D eigenvalue weighted by Gasteiger charge is 2.17. The maximum atomic E-state index is 9.04. The quantitative estimate of drug-likeness (QED) is 0.706. The lowest BCUT2D eigenvalue weighted by Crippen LogP contribution is -2.37. The molecule has 14 heavy (non-hydrogen) atoms. The van der Waals surface area contributed by atoms with Gasteiger partial charge in [-0.15, -0.1) is 0 Å². The molecule has 76 valence electrons. The van der Waals surface area contributed by atoms with Gasteiger partial charge in [0.2, 0.25) is 0 Å². The fourth-order valence-corrected chi connectivity index (χ4v) is 1.93. The smallest absolute Gasteiger partial charge is 0.0682 e. The molecule has 0 aromatic heterocycles. The number of aliphatic hydroxyl groups excluding tert-OH is 1. The summed E-state index contributed by atoms with van der Waals surface area (Å²) in [6, 6.07) is 6.51. The van der Waals surface area contributed by atoms with Crippen LogP contribution in [0.15, 0.2) is 18.2 Å². The van der Waals surface area contributed by atoms with Gasteiger partial charge >= 0.3 is 0 Å². The number of likely N-dealkylation sites (N-methyl/N-ethyl adjacent to an activating group) is 1. The third-order valence-corrected chi connectivity index (χ3v) is 2.61. The lowest BCUT2D eigenvalue weighted by molar-refractivity contribution is 0.282. The molecule has 0 aliphatic carbocycles. The van der Waals surface area contributed by atoms with Crippen molar-refractivity contribution in [2.24, 2.45) is 0 Å². The van der Waals surface area contributed by atoms with Crippen LogP contribution in [0.3, 0.4) is 0 Å². The van der Waals surface area contributed by atoms with Crippen molar-refractivity contribution in [3.8, 4) is 0 Å². The first-order valence-electron chi connectivity index (χ1n) is 4.92. The van der Waals surface area contributed by atoms with Crippen LogP contribution in [-0.4, -0.2) is 24.7 Å². The average Bonchev–Trinajstić information content (AvgIpc) is 2.17. The highest BCUT2D eigenvalue weighted by Crippen LogP contribution is 2.30. The lowest BCUT2D eigenvalue weighted by atomic mass is 10.1. The van der Waals surface area contributed by atoms with Crippen molar-refractivity contribution < 1.29 is 5.11 Å². The summed E-state index contributed by atoms with van der Waals surface area (Å²) >= 11 is 0. The van der Waals surface area contributed by atoms with E-state index in [-0.39, 0.29) is 6.61 Å². The Morgan fingerprint density at radius 3 is 3.07 bits per heavy atom. The van der Waals surface area contributed by atoms with Crippen molar-refractivity contribution >= 4 is 11.4 Å². The Bertz CT molecular complexity index is 338. The Kier molecular flexibility index (Phi) is 2.33. The minimum atomic E-state index is 0.108. The molecule has 1 atom stereocenters. The number of rotatable bonds is 1. The molecule has 0 fully saturated rings. The van der Waals surface area contributed by atoms with Gasteiger partial charge in [0.1, 0.15) is 0 Å². The normalized spacial score (nSPS) is 20.2. The van der Waals surface area contributed by atoms with E-state index in [2.05, 4.69) is 24.2 Å². The van der Waals surface area contributed by atoms with E-state index < -0.39 is 0 Å². The Hall–Kier alpha value is -1.22. The fourth-order valence-electron chi connectivity index (χ4n) is 1.93. The van der Waals surface area contributed by atoms with Crippen molar-refractivity contribution in [1.29, 1.82) is 0 Å². The molecule has 2 N–H and O–H groups in total. The molecule has 0 saturated carbocycles. The van der Waals surface area contributed by atoms with Crippen LogP contribution >= 0.6 is 0 Å². The molecule has 0 amide bonds. The molecule has 3 nitrogen and oxygen atoms in total. The second-order valence-electron chi connectivity index (χ2n) is 3.94. The number of hydrogen-bond donors (Lipinski definition) is 2. The highest BCUT2D eigenvalue weighted by atomic mass is 16.3. The van der Waals surface area contributed by atoms with E-state index in [1.165, 1.54) is 5.69 Å². The third kappa shape index (κ3) is 1.55. The van der Waals surface area contributed by atoms with E-state index in [0.29, 0.717) is 6.04 Å². The molecule has 1 aromatic rings. The molecule has 1 aliphatic rings. The Balaban J connectivity index is 2.39. The Labute approximate surface area is 84.4 Å². The predicted molar refractivity (Wildman–Crippen MR) is 58.7 cm³/mol. The first kappa shape index (κ1) is 9.34. The summed E-state index contributed by atoms with van der Waals surface area (Å²) in [6.07, 6.45) is 0. The van der Waals surface area contributed by atoms with Gasteiger partial charge in [0.05, 0.1) is 18.0 Å². The molecule has 0 radical (unpaired) electrons. The van der Waals surface area contributed by atoms with Crippen LogP contribution in [0.5, 0.6) is 0 Å². The molecule has 0 saturated heterocycles. The molecule has 1 heterocycles. The molecule has 2 rings (SSSR count). The number of benzene rings is 1. The van der Waals surface area contributed by atoms with Crippen LogP contribution in [-0.2, 0) is 6.61 Å².